The second-order valence-electron chi connectivity index (χ2n) is 6.09. The van der Waals surface area contributed by atoms with E-state index in [0.29, 0.717) is 18.4 Å². The van der Waals surface area contributed by atoms with Crippen molar-refractivity contribution in [2.45, 2.75) is 58.6 Å². The normalized spacial score (nSPS) is 28.0. The SMILES string of the molecule is CC(C)CC[C@@H]1CCCOC[C@H](NC(=O)O)C(=O)O[C@H]1C. The Morgan fingerprint density at radius 2 is 2.19 bits per heavy atom. The molecule has 1 amide bonds. The average molecular weight is 301 g/mol. The largest absolute Gasteiger partial charge is 0.465 e. The lowest BCUT2D eigenvalue weighted by atomic mass is 9.90. The Labute approximate surface area is 126 Å². The van der Waals surface area contributed by atoms with Crippen molar-refractivity contribution in [1.82, 2.24) is 5.32 Å². The summed E-state index contributed by atoms with van der Waals surface area (Å²) in [5, 5.41) is 10.9. The summed E-state index contributed by atoms with van der Waals surface area (Å²) < 4.78 is 10.8. The number of carbonyl (C=O) groups is 2. The molecule has 6 nitrogen and oxygen atoms in total. The molecule has 0 aromatic rings. The molecule has 0 bridgehead atoms. The summed E-state index contributed by atoms with van der Waals surface area (Å²) in [5.74, 6) is 0.353. The van der Waals surface area contributed by atoms with Gasteiger partial charge in [-0.25, -0.2) is 9.59 Å². The van der Waals surface area contributed by atoms with Crippen LogP contribution >= 0.6 is 0 Å². The second kappa shape index (κ2) is 8.87. The highest BCUT2D eigenvalue weighted by molar-refractivity contribution is 5.81. The van der Waals surface area contributed by atoms with Crippen molar-refractivity contribution in [1.29, 1.82) is 0 Å². The third-order valence-electron chi connectivity index (χ3n) is 3.81. The van der Waals surface area contributed by atoms with Gasteiger partial charge in [0.2, 0.25) is 0 Å². The summed E-state index contributed by atoms with van der Waals surface area (Å²) in [6.45, 7) is 6.80. The molecule has 1 aliphatic rings. The van der Waals surface area contributed by atoms with Gasteiger partial charge in [0.15, 0.2) is 6.04 Å². The molecule has 0 aromatic carbocycles. The van der Waals surface area contributed by atoms with Gasteiger partial charge >= 0.3 is 12.1 Å². The van der Waals surface area contributed by atoms with Crippen LogP contribution in [-0.4, -0.2) is 42.5 Å². The number of carboxylic acid groups (broad SMARTS) is 1. The number of amides is 1. The quantitative estimate of drug-likeness (QED) is 0.779. The van der Waals surface area contributed by atoms with Crippen LogP contribution in [0.3, 0.4) is 0 Å². The van der Waals surface area contributed by atoms with E-state index in [2.05, 4.69) is 19.2 Å². The van der Waals surface area contributed by atoms with Crippen molar-refractivity contribution >= 4 is 12.1 Å². The first-order chi connectivity index (χ1) is 9.90. The Balaban J connectivity index is 2.65. The molecule has 1 aliphatic heterocycles. The van der Waals surface area contributed by atoms with E-state index in [4.69, 9.17) is 14.6 Å². The second-order valence-corrected chi connectivity index (χ2v) is 6.09. The molecule has 1 rings (SSSR count). The molecular formula is C15H27NO5. The predicted molar refractivity (Wildman–Crippen MR) is 78.1 cm³/mol. The maximum Gasteiger partial charge on any atom is 0.405 e. The number of hydrogen-bond acceptors (Lipinski definition) is 4. The van der Waals surface area contributed by atoms with Gasteiger partial charge in [0.05, 0.1) is 6.61 Å². The molecule has 0 saturated carbocycles. The van der Waals surface area contributed by atoms with Crippen molar-refractivity contribution < 1.29 is 24.2 Å². The standard InChI is InChI=1S/C15H27NO5/c1-10(2)6-7-12-5-4-8-20-9-13(16-15(18)19)14(17)21-11(12)3/h10-13,16H,4-9H2,1-3H3,(H,18,19)/t11-,12-,13-/m0/s1. The van der Waals surface area contributed by atoms with Gasteiger partial charge in [0.1, 0.15) is 6.10 Å². The van der Waals surface area contributed by atoms with Crippen LogP contribution in [0.1, 0.15) is 46.5 Å². The fraction of sp³-hybridized carbons (Fsp3) is 0.867. The maximum absolute atomic E-state index is 12.0. The van der Waals surface area contributed by atoms with Gasteiger partial charge in [-0.1, -0.05) is 20.3 Å². The molecule has 0 aromatic heterocycles. The van der Waals surface area contributed by atoms with Gasteiger partial charge in [-0.2, -0.15) is 0 Å². The molecule has 21 heavy (non-hydrogen) atoms. The zero-order valence-corrected chi connectivity index (χ0v) is 13.1. The first-order valence-electron chi connectivity index (χ1n) is 7.67. The Bertz CT molecular complexity index is 345. The Kier molecular flexibility index (Phi) is 7.50. The van der Waals surface area contributed by atoms with E-state index in [-0.39, 0.29) is 12.7 Å². The summed E-state index contributed by atoms with van der Waals surface area (Å²) in [7, 11) is 0. The van der Waals surface area contributed by atoms with Crippen molar-refractivity contribution in [3.63, 3.8) is 0 Å². The van der Waals surface area contributed by atoms with Gasteiger partial charge in [-0.15, -0.1) is 0 Å². The van der Waals surface area contributed by atoms with E-state index < -0.39 is 18.1 Å². The van der Waals surface area contributed by atoms with Crippen LogP contribution in [0, 0.1) is 11.8 Å². The fourth-order valence-corrected chi connectivity index (χ4v) is 2.49. The van der Waals surface area contributed by atoms with Gasteiger partial charge in [0, 0.05) is 6.61 Å². The third-order valence-corrected chi connectivity index (χ3v) is 3.81. The number of carbonyl (C=O) groups excluding carboxylic acids is 1. The summed E-state index contributed by atoms with van der Waals surface area (Å²) in [5.41, 5.74) is 0. The number of esters is 1. The van der Waals surface area contributed by atoms with E-state index in [1.165, 1.54) is 0 Å². The molecule has 1 saturated heterocycles. The van der Waals surface area contributed by atoms with Gasteiger partial charge in [-0.3, -0.25) is 0 Å². The zero-order valence-electron chi connectivity index (χ0n) is 13.1. The number of nitrogens with one attached hydrogen (secondary N) is 1. The number of ether oxygens (including phenoxy) is 2. The molecular weight excluding hydrogens is 274 g/mol. The topological polar surface area (TPSA) is 84.9 Å². The Morgan fingerprint density at radius 3 is 2.81 bits per heavy atom. The highest BCUT2D eigenvalue weighted by Crippen LogP contribution is 2.24. The van der Waals surface area contributed by atoms with Crippen molar-refractivity contribution in [2.75, 3.05) is 13.2 Å². The lowest BCUT2D eigenvalue weighted by Gasteiger charge is -2.28. The molecule has 122 valence electrons. The summed E-state index contributed by atoms with van der Waals surface area (Å²) in [4.78, 5) is 22.7. The average Bonchev–Trinajstić information content (AvgIpc) is 2.38. The van der Waals surface area contributed by atoms with E-state index in [1.807, 2.05) is 6.92 Å². The molecule has 3 atom stereocenters. The molecule has 2 N–H and O–H groups in total. The van der Waals surface area contributed by atoms with Gasteiger partial charge in [-0.05, 0) is 38.0 Å². The monoisotopic (exact) mass is 301 g/mol. The highest BCUT2D eigenvalue weighted by atomic mass is 16.5. The highest BCUT2D eigenvalue weighted by Gasteiger charge is 2.28. The van der Waals surface area contributed by atoms with Crippen molar-refractivity contribution in [3.05, 3.63) is 0 Å². The number of hydrogen-bond donors (Lipinski definition) is 2. The molecule has 1 fully saturated rings. The Hall–Kier alpha value is -1.30. The van der Waals surface area contributed by atoms with Gasteiger partial charge in [0.25, 0.3) is 0 Å². The summed E-state index contributed by atoms with van der Waals surface area (Å²) >= 11 is 0. The molecule has 0 aliphatic carbocycles. The number of cyclic esters (lactones) is 1. The van der Waals surface area contributed by atoms with Crippen molar-refractivity contribution in [3.8, 4) is 0 Å². The van der Waals surface area contributed by atoms with Crippen molar-refractivity contribution in [2.24, 2.45) is 11.8 Å². The smallest absolute Gasteiger partial charge is 0.405 e. The first kappa shape index (κ1) is 17.8. The molecule has 0 radical (unpaired) electrons. The molecule has 0 spiro atoms. The fourth-order valence-electron chi connectivity index (χ4n) is 2.49. The van der Waals surface area contributed by atoms with E-state index >= 15 is 0 Å². The Morgan fingerprint density at radius 1 is 1.48 bits per heavy atom. The van der Waals surface area contributed by atoms with Crippen LogP contribution in [0.25, 0.3) is 0 Å². The predicted octanol–water partition coefficient (Wildman–Crippen LogP) is 2.42. The van der Waals surface area contributed by atoms with Crippen LogP contribution in [0.4, 0.5) is 4.79 Å². The molecule has 0 unspecified atom stereocenters. The zero-order chi connectivity index (χ0) is 15.8. The van der Waals surface area contributed by atoms with E-state index in [9.17, 15) is 9.59 Å². The molecule has 6 heteroatoms. The van der Waals surface area contributed by atoms with Crippen LogP contribution in [0.5, 0.6) is 0 Å². The summed E-state index contributed by atoms with van der Waals surface area (Å²) in [6, 6.07) is -0.950. The number of rotatable bonds is 4. The first-order valence-corrected chi connectivity index (χ1v) is 7.67. The van der Waals surface area contributed by atoms with Crippen LogP contribution in [-0.2, 0) is 14.3 Å². The van der Waals surface area contributed by atoms with Gasteiger partial charge < -0.3 is 19.9 Å². The minimum Gasteiger partial charge on any atom is -0.465 e. The van der Waals surface area contributed by atoms with E-state index in [1.54, 1.807) is 0 Å². The maximum atomic E-state index is 12.0. The van der Waals surface area contributed by atoms with Crippen LogP contribution in [0.2, 0.25) is 0 Å². The van der Waals surface area contributed by atoms with Crippen LogP contribution in [0.15, 0.2) is 0 Å². The lowest BCUT2D eigenvalue weighted by molar-refractivity contribution is -0.156. The molecule has 1 heterocycles. The third kappa shape index (κ3) is 6.80. The van der Waals surface area contributed by atoms with E-state index in [0.717, 1.165) is 25.7 Å². The lowest BCUT2D eigenvalue weighted by Crippen LogP contribution is -2.46. The summed E-state index contributed by atoms with van der Waals surface area (Å²) in [6.07, 6.45) is 2.49. The minimum atomic E-state index is -1.25. The van der Waals surface area contributed by atoms with Crippen LogP contribution < -0.4 is 5.32 Å². The minimum absolute atomic E-state index is 0.0223.